The van der Waals surface area contributed by atoms with Crippen molar-refractivity contribution >= 4 is 40.5 Å². The van der Waals surface area contributed by atoms with Gasteiger partial charge in [0.05, 0.1) is 11.6 Å². The molecule has 0 radical (unpaired) electrons. The summed E-state index contributed by atoms with van der Waals surface area (Å²) in [5.74, 6) is -0.193. The molecule has 3 N–H and O–H groups in total. The molecule has 0 aliphatic carbocycles. The highest BCUT2D eigenvalue weighted by Gasteiger charge is 2.31. The van der Waals surface area contributed by atoms with Gasteiger partial charge in [0.1, 0.15) is 0 Å². The minimum Gasteiger partial charge on any atom is -0.351 e. The maximum Gasteiger partial charge on any atom is 0.255 e. The number of carbonyl (C=O) groups is 1. The van der Waals surface area contributed by atoms with Gasteiger partial charge in [-0.15, -0.1) is 0 Å². The number of benzene rings is 2. The molecule has 1 atom stereocenters. The fourth-order valence-electron chi connectivity index (χ4n) is 3.08. The monoisotopic (exact) mass is 385 g/mol. The number of allylic oxidation sites excluding steroid dienone is 1. The van der Waals surface area contributed by atoms with Crippen molar-refractivity contribution < 1.29 is 4.79 Å². The Hall–Kier alpha value is -2.37. The molecule has 26 heavy (non-hydrogen) atoms. The van der Waals surface area contributed by atoms with Crippen molar-refractivity contribution in [1.29, 1.82) is 0 Å². The van der Waals surface area contributed by atoms with Crippen LogP contribution in [0.15, 0.2) is 53.7 Å². The Morgan fingerprint density at radius 1 is 1.15 bits per heavy atom. The summed E-state index contributed by atoms with van der Waals surface area (Å²) < 4.78 is 0. The van der Waals surface area contributed by atoms with Gasteiger partial charge < -0.3 is 16.0 Å². The van der Waals surface area contributed by atoms with Crippen molar-refractivity contribution in [1.82, 2.24) is 10.6 Å². The maximum atomic E-state index is 13.1. The first kappa shape index (κ1) is 18.4. The Balaban J connectivity index is 1.98. The molecule has 0 saturated carbocycles. The van der Waals surface area contributed by atoms with Crippen molar-refractivity contribution in [3.05, 3.63) is 75.4 Å². The summed E-state index contributed by atoms with van der Waals surface area (Å²) in [7, 11) is 0. The van der Waals surface area contributed by atoms with Gasteiger partial charge in [-0.2, -0.15) is 0 Å². The third kappa shape index (κ3) is 3.74. The summed E-state index contributed by atoms with van der Waals surface area (Å²) in [6.45, 7) is 5.84. The molecule has 6 heteroatoms. The van der Waals surface area contributed by atoms with Crippen molar-refractivity contribution in [3.63, 3.8) is 0 Å². The van der Waals surface area contributed by atoms with E-state index in [1.165, 1.54) is 0 Å². The van der Waals surface area contributed by atoms with E-state index in [0.717, 1.165) is 22.4 Å². The number of carbonyl (C=O) groups excluding carboxylic acids is 1. The zero-order valence-corrected chi connectivity index (χ0v) is 16.4. The second-order valence-electron chi connectivity index (χ2n) is 6.36. The standard InChI is InChI=1S/C20H20ClN3OS/c1-11-8-9-16(12(2)10-11)23-19(25)17-13(3)22-20(26)24-18(17)14-6-4-5-7-15(14)21/h4-10,18H,1-3H3,(H,23,25)(H2,22,24,26)/t18-/m1/s1. The first-order valence-corrected chi connectivity index (χ1v) is 9.06. The van der Waals surface area contributed by atoms with Gasteiger partial charge in [0.2, 0.25) is 0 Å². The smallest absolute Gasteiger partial charge is 0.255 e. The Morgan fingerprint density at radius 3 is 2.58 bits per heavy atom. The Labute approximate surface area is 163 Å². The highest BCUT2D eigenvalue weighted by Crippen LogP contribution is 2.32. The molecule has 3 rings (SSSR count). The number of nitrogens with one attached hydrogen (secondary N) is 3. The first-order valence-electron chi connectivity index (χ1n) is 8.28. The van der Waals surface area contributed by atoms with Gasteiger partial charge in [-0.05, 0) is 56.2 Å². The molecule has 2 aromatic rings. The lowest BCUT2D eigenvalue weighted by Gasteiger charge is -2.31. The Morgan fingerprint density at radius 2 is 1.88 bits per heavy atom. The van der Waals surface area contributed by atoms with Crippen LogP contribution >= 0.6 is 23.8 Å². The van der Waals surface area contributed by atoms with Crippen molar-refractivity contribution in [2.45, 2.75) is 26.8 Å². The quantitative estimate of drug-likeness (QED) is 0.686. The molecular formula is C20H20ClN3OS. The molecule has 0 fully saturated rings. The van der Waals surface area contributed by atoms with Gasteiger partial charge in [-0.3, -0.25) is 4.79 Å². The lowest BCUT2D eigenvalue weighted by atomic mass is 9.94. The van der Waals surface area contributed by atoms with E-state index in [1.54, 1.807) is 6.07 Å². The molecule has 0 spiro atoms. The van der Waals surface area contributed by atoms with Crippen molar-refractivity contribution in [2.75, 3.05) is 5.32 Å². The third-order valence-electron chi connectivity index (χ3n) is 4.36. The molecule has 2 aromatic carbocycles. The minimum absolute atomic E-state index is 0.193. The van der Waals surface area contributed by atoms with E-state index in [-0.39, 0.29) is 5.91 Å². The highest BCUT2D eigenvalue weighted by atomic mass is 35.5. The molecule has 1 aliphatic heterocycles. The molecule has 4 nitrogen and oxygen atoms in total. The van der Waals surface area contributed by atoms with Crippen LogP contribution in [0.1, 0.15) is 29.7 Å². The van der Waals surface area contributed by atoms with E-state index in [0.29, 0.717) is 21.4 Å². The van der Waals surface area contributed by atoms with Gasteiger partial charge in [0, 0.05) is 16.4 Å². The van der Waals surface area contributed by atoms with Gasteiger partial charge in [0.15, 0.2) is 5.11 Å². The molecule has 0 aromatic heterocycles. The van der Waals surface area contributed by atoms with E-state index >= 15 is 0 Å². The fourth-order valence-corrected chi connectivity index (χ4v) is 3.60. The van der Waals surface area contributed by atoms with Crippen LogP contribution in [0.4, 0.5) is 5.69 Å². The number of hydrogen-bond acceptors (Lipinski definition) is 2. The SMILES string of the molecule is CC1=C(C(=O)Nc2ccc(C)cc2C)[C@@H](c2ccccc2Cl)NC(=S)N1. The predicted octanol–water partition coefficient (Wildman–Crippen LogP) is 4.39. The summed E-state index contributed by atoms with van der Waals surface area (Å²) in [5, 5.41) is 10.3. The van der Waals surface area contributed by atoms with E-state index in [1.807, 2.05) is 57.2 Å². The van der Waals surface area contributed by atoms with Crippen molar-refractivity contribution in [2.24, 2.45) is 0 Å². The number of thiocarbonyl (C=S) groups is 1. The molecule has 0 bridgehead atoms. The number of aryl methyl sites for hydroxylation is 2. The third-order valence-corrected chi connectivity index (χ3v) is 4.92. The second kappa shape index (κ2) is 7.48. The average Bonchev–Trinajstić information content (AvgIpc) is 2.57. The van der Waals surface area contributed by atoms with Crippen LogP contribution in [0.25, 0.3) is 0 Å². The predicted molar refractivity (Wildman–Crippen MR) is 110 cm³/mol. The molecular weight excluding hydrogens is 366 g/mol. The summed E-state index contributed by atoms with van der Waals surface area (Å²) >= 11 is 11.6. The average molecular weight is 386 g/mol. The van der Waals surface area contributed by atoms with Crippen LogP contribution in [0.3, 0.4) is 0 Å². The lowest BCUT2D eigenvalue weighted by molar-refractivity contribution is -0.113. The topological polar surface area (TPSA) is 53.2 Å². The normalized spacial score (nSPS) is 16.8. The van der Waals surface area contributed by atoms with E-state index in [9.17, 15) is 4.79 Å². The highest BCUT2D eigenvalue weighted by molar-refractivity contribution is 7.80. The number of anilines is 1. The molecule has 1 aliphatic rings. The summed E-state index contributed by atoms with van der Waals surface area (Å²) in [4.78, 5) is 13.1. The van der Waals surface area contributed by atoms with E-state index < -0.39 is 6.04 Å². The lowest BCUT2D eigenvalue weighted by Crippen LogP contribution is -2.45. The van der Waals surface area contributed by atoms with Gasteiger partial charge >= 0.3 is 0 Å². The second-order valence-corrected chi connectivity index (χ2v) is 7.18. The zero-order chi connectivity index (χ0) is 18.8. The maximum absolute atomic E-state index is 13.1. The molecule has 134 valence electrons. The van der Waals surface area contributed by atoms with Crippen LogP contribution in [-0.4, -0.2) is 11.0 Å². The van der Waals surface area contributed by atoms with Gasteiger partial charge in [-0.1, -0.05) is 47.5 Å². The van der Waals surface area contributed by atoms with Crippen LogP contribution in [0.2, 0.25) is 5.02 Å². The Kier molecular flexibility index (Phi) is 5.30. The van der Waals surface area contributed by atoms with Gasteiger partial charge in [0.25, 0.3) is 5.91 Å². The van der Waals surface area contributed by atoms with Crippen LogP contribution in [-0.2, 0) is 4.79 Å². The van der Waals surface area contributed by atoms with E-state index in [4.69, 9.17) is 23.8 Å². The summed E-state index contributed by atoms with van der Waals surface area (Å²) in [6.07, 6.45) is 0. The van der Waals surface area contributed by atoms with Crippen LogP contribution < -0.4 is 16.0 Å². The number of halogens is 1. The number of hydrogen-bond donors (Lipinski definition) is 3. The molecule has 0 unspecified atom stereocenters. The summed E-state index contributed by atoms with van der Waals surface area (Å²) in [6, 6.07) is 13.0. The van der Waals surface area contributed by atoms with Gasteiger partial charge in [-0.25, -0.2) is 0 Å². The zero-order valence-electron chi connectivity index (χ0n) is 14.8. The van der Waals surface area contributed by atoms with Crippen LogP contribution in [0.5, 0.6) is 0 Å². The van der Waals surface area contributed by atoms with Crippen LogP contribution in [0, 0.1) is 13.8 Å². The molecule has 1 heterocycles. The summed E-state index contributed by atoms with van der Waals surface area (Å²) in [5.41, 5.74) is 5.03. The first-order chi connectivity index (χ1) is 12.4. The largest absolute Gasteiger partial charge is 0.351 e. The Bertz CT molecular complexity index is 923. The molecule has 1 amide bonds. The minimum atomic E-state index is -0.414. The molecule has 0 saturated heterocycles. The number of rotatable bonds is 3. The van der Waals surface area contributed by atoms with E-state index in [2.05, 4.69) is 16.0 Å². The fraction of sp³-hybridized carbons (Fsp3) is 0.200. The van der Waals surface area contributed by atoms with Crippen molar-refractivity contribution in [3.8, 4) is 0 Å². The number of amides is 1.